The minimum atomic E-state index is -0.102. The van der Waals surface area contributed by atoms with Crippen LogP contribution in [0.1, 0.15) is 6.92 Å². The van der Waals surface area contributed by atoms with E-state index in [0.717, 1.165) is 11.4 Å². The van der Waals surface area contributed by atoms with E-state index in [1.165, 1.54) is 6.92 Å². The maximum absolute atomic E-state index is 10.9. The molecule has 0 unspecified atom stereocenters. The predicted molar refractivity (Wildman–Crippen MR) is 80.5 cm³/mol. The van der Waals surface area contributed by atoms with Crippen molar-refractivity contribution in [2.45, 2.75) is 6.92 Å². The van der Waals surface area contributed by atoms with Crippen LogP contribution in [0.4, 0.5) is 17.1 Å². The van der Waals surface area contributed by atoms with Gasteiger partial charge in [-0.2, -0.15) is 0 Å². The maximum Gasteiger partial charge on any atom is 0.221 e. The van der Waals surface area contributed by atoms with E-state index in [1.807, 2.05) is 12.1 Å². The quantitative estimate of drug-likeness (QED) is 0.862. The molecule has 0 saturated carbocycles. The van der Waals surface area contributed by atoms with E-state index >= 15 is 0 Å². The average Bonchev–Trinajstić information content (AvgIpc) is 2.35. The number of hydrogen-bond acceptors (Lipinski definition) is 2. The molecule has 2 N–H and O–H groups in total. The maximum atomic E-state index is 10.9. The Morgan fingerprint density at radius 2 is 1.47 bits per heavy atom. The molecule has 19 heavy (non-hydrogen) atoms. The Morgan fingerprint density at radius 1 is 0.947 bits per heavy atom. The molecule has 0 atom stereocenters. The van der Waals surface area contributed by atoms with Crippen LogP contribution in [-0.4, -0.2) is 5.91 Å². The smallest absolute Gasteiger partial charge is 0.221 e. The molecule has 2 aromatic rings. The van der Waals surface area contributed by atoms with E-state index in [1.54, 1.807) is 30.3 Å². The van der Waals surface area contributed by atoms with Crippen molar-refractivity contribution in [2.75, 3.05) is 10.6 Å². The Kier molecular flexibility index (Phi) is 4.30. The van der Waals surface area contributed by atoms with Crippen LogP contribution in [0.25, 0.3) is 0 Å². The molecule has 0 aromatic heterocycles. The number of hydrogen-bond donors (Lipinski definition) is 2. The summed E-state index contributed by atoms with van der Waals surface area (Å²) in [6, 6.07) is 12.6. The van der Waals surface area contributed by atoms with Gasteiger partial charge in [0.2, 0.25) is 5.91 Å². The molecule has 1 amide bonds. The highest BCUT2D eigenvalue weighted by Crippen LogP contribution is 2.32. The van der Waals surface area contributed by atoms with Crippen LogP contribution in [0.3, 0.4) is 0 Å². The zero-order valence-corrected chi connectivity index (χ0v) is 11.7. The van der Waals surface area contributed by atoms with Crippen LogP contribution in [0.15, 0.2) is 42.5 Å². The van der Waals surface area contributed by atoms with Gasteiger partial charge in [-0.3, -0.25) is 4.79 Å². The van der Waals surface area contributed by atoms with Gasteiger partial charge in [-0.05, 0) is 36.4 Å². The summed E-state index contributed by atoms with van der Waals surface area (Å²) in [6.07, 6.45) is 0. The predicted octanol–water partition coefficient (Wildman–Crippen LogP) is 4.70. The Hall–Kier alpha value is -1.71. The first-order chi connectivity index (χ1) is 9.06. The van der Waals surface area contributed by atoms with E-state index in [0.29, 0.717) is 15.7 Å². The van der Waals surface area contributed by atoms with Gasteiger partial charge in [-0.15, -0.1) is 0 Å². The van der Waals surface area contributed by atoms with Gasteiger partial charge in [0.1, 0.15) is 0 Å². The van der Waals surface area contributed by atoms with Crippen molar-refractivity contribution >= 4 is 46.2 Å². The van der Waals surface area contributed by atoms with Gasteiger partial charge >= 0.3 is 0 Å². The topological polar surface area (TPSA) is 41.1 Å². The zero-order valence-electron chi connectivity index (χ0n) is 10.2. The summed E-state index contributed by atoms with van der Waals surface area (Å²) >= 11 is 12.2. The summed E-state index contributed by atoms with van der Waals surface area (Å²) in [4.78, 5) is 10.9. The van der Waals surface area contributed by atoms with Gasteiger partial charge in [0.15, 0.2) is 0 Å². The number of rotatable bonds is 3. The second kappa shape index (κ2) is 5.95. The lowest BCUT2D eigenvalue weighted by atomic mass is 10.2. The van der Waals surface area contributed by atoms with Crippen LogP contribution in [0, 0.1) is 0 Å². The highest BCUT2D eigenvalue weighted by atomic mass is 35.5. The molecule has 0 bridgehead atoms. The Bertz CT molecular complexity index is 577. The molecule has 5 heteroatoms. The van der Waals surface area contributed by atoms with Crippen LogP contribution < -0.4 is 10.6 Å². The standard InChI is InChI=1S/C14H12Cl2N2O/c1-9(19)17-10-5-7-11(8-6-10)18-14-12(15)3-2-4-13(14)16/h2-8,18H,1H3,(H,17,19). The molecular formula is C14H12Cl2N2O. The SMILES string of the molecule is CC(=O)Nc1ccc(Nc2c(Cl)cccc2Cl)cc1. The molecule has 0 aliphatic rings. The van der Waals surface area contributed by atoms with E-state index in [2.05, 4.69) is 10.6 Å². The molecular weight excluding hydrogens is 283 g/mol. The Labute approximate surface area is 121 Å². The van der Waals surface area contributed by atoms with Crippen LogP contribution in [0.5, 0.6) is 0 Å². The summed E-state index contributed by atoms with van der Waals surface area (Å²) in [5.74, 6) is -0.102. The van der Waals surface area contributed by atoms with Crippen LogP contribution in [-0.2, 0) is 4.79 Å². The van der Waals surface area contributed by atoms with Gasteiger partial charge in [0.05, 0.1) is 15.7 Å². The molecule has 2 aromatic carbocycles. The average molecular weight is 295 g/mol. The highest BCUT2D eigenvalue weighted by Gasteiger charge is 2.05. The first-order valence-corrected chi connectivity index (χ1v) is 6.40. The number of benzene rings is 2. The van der Waals surface area contributed by atoms with Gasteiger partial charge in [-0.1, -0.05) is 29.3 Å². The van der Waals surface area contributed by atoms with E-state index in [-0.39, 0.29) is 5.91 Å². The van der Waals surface area contributed by atoms with Crippen molar-refractivity contribution in [3.05, 3.63) is 52.5 Å². The fraction of sp³-hybridized carbons (Fsp3) is 0.0714. The van der Waals surface area contributed by atoms with E-state index in [9.17, 15) is 4.79 Å². The fourth-order valence-corrected chi connectivity index (χ4v) is 2.09. The van der Waals surface area contributed by atoms with Crippen LogP contribution >= 0.6 is 23.2 Å². The second-order valence-corrected chi connectivity index (χ2v) is 4.79. The summed E-state index contributed by atoms with van der Waals surface area (Å²) in [5, 5.41) is 6.95. The molecule has 0 aliphatic heterocycles. The van der Waals surface area contributed by atoms with E-state index < -0.39 is 0 Å². The third kappa shape index (κ3) is 3.63. The molecule has 3 nitrogen and oxygen atoms in total. The summed E-state index contributed by atoms with van der Waals surface area (Å²) in [7, 11) is 0. The van der Waals surface area contributed by atoms with Crippen molar-refractivity contribution in [3.8, 4) is 0 Å². The number of halogens is 2. The summed E-state index contributed by atoms with van der Waals surface area (Å²) < 4.78 is 0. The lowest BCUT2D eigenvalue weighted by Gasteiger charge is -2.11. The fourth-order valence-electron chi connectivity index (χ4n) is 1.60. The normalized spacial score (nSPS) is 10.1. The van der Waals surface area contributed by atoms with Gasteiger partial charge in [0, 0.05) is 18.3 Å². The number of anilines is 3. The lowest BCUT2D eigenvalue weighted by molar-refractivity contribution is -0.114. The van der Waals surface area contributed by atoms with Gasteiger partial charge < -0.3 is 10.6 Å². The number of nitrogens with one attached hydrogen (secondary N) is 2. The summed E-state index contributed by atoms with van der Waals surface area (Å²) in [6.45, 7) is 1.47. The van der Waals surface area contributed by atoms with E-state index in [4.69, 9.17) is 23.2 Å². The molecule has 0 radical (unpaired) electrons. The van der Waals surface area contributed by atoms with Gasteiger partial charge in [-0.25, -0.2) is 0 Å². The van der Waals surface area contributed by atoms with Crippen molar-refractivity contribution in [1.82, 2.24) is 0 Å². The third-order valence-corrected chi connectivity index (χ3v) is 3.07. The van der Waals surface area contributed by atoms with Crippen molar-refractivity contribution in [1.29, 1.82) is 0 Å². The molecule has 0 heterocycles. The first-order valence-electron chi connectivity index (χ1n) is 5.65. The molecule has 98 valence electrons. The largest absolute Gasteiger partial charge is 0.353 e. The molecule has 0 fully saturated rings. The lowest BCUT2D eigenvalue weighted by Crippen LogP contribution is -2.05. The van der Waals surface area contributed by atoms with Gasteiger partial charge in [0.25, 0.3) is 0 Å². The molecule has 2 rings (SSSR count). The third-order valence-electron chi connectivity index (χ3n) is 2.44. The Morgan fingerprint density at radius 3 is 2.00 bits per heavy atom. The monoisotopic (exact) mass is 294 g/mol. The molecule has 0 saturated heterocycles. The molecule has 0 aliphatic carbocycles. The first kappa shape index (κ1) is 13.7. The molecule has 0 spiro atoms. The highest BCUT2D eigenvalue weighted by molar-refractivity contribution is 6.39. The zero-order chi connectivity index (χ0) is 13.8. The van der Waals surface area contributed by atoms with Crippen molar-refractivity contribution in [2.24, 2.45) is 0 Å². The second-order valence-electron chi connectivity index (χ2n) is 3.98. The number of carbonyl (C=O) groups is 1. The van der Waals surface area contributed by atoms with Crippen molar-refractivity contribution in [3.63, 3.8) is 0 Å². The summed E-state index contributed by atoms with van der Waals surface area (Å²) in [5.41, 5.74) is 2.24. The van der Waals surface area contributed by atoms with Crippen molar-refractivity contribution < 1.29 is 4.79 Å². The number of carbonyl (C=O) groups excluding carboxylic acids is 1. The number of amides is 1. The Balaban J connectivity index is 2.18. The number of para-hydroxylation sites is 1. The van der Waals surface area contributed by atoms with Crippen LogP contribution in [0.2, 0.25) is 10.0 Å². The minimum absolute atomic E-state index is 0.102. The minimum Gasteiger partial charge on any atom is -0.353 e.